The Labute approximate surface area is 148 Å². The van der Waals surface area contributed by atoms with Crippen LogP contribution >= 0.6 is 0 Å². The topological polar surface area (TPSA) is 0 Å². The van der Waals surface area contributed by atoms with Gasteiger partial charge in [-0.3, -0.25) is 0 Å². The van der Waals surface area contributed by atoms with E-state index in [1.165, 1.54) is 82.6 Å². The van der Waals surface area contributed by atoms with Crippen molar-refractivity contribution in [2.75, 3.05) is 0 Å². The maximum absolute atomic E-state index is 13.4. The Balaban J connectivity index is 1.36. The van der Waals surface area contributed by atoms with Crippen LogP contribution in [0.5, 0.6) is 0 Å². The van der Waals surface area contributed by atoms with Gasteiger partial charge in [0.1, 0.15) is 5.82 Å². The zero-order valence-corrected chi connectivity index (χ0v) is 15.5. The van der Waals surface area contributed by atoms with Crippen LogP contribution in [0.25, 0.3) is 0 Å². The van der Waals surface area contributed by atoms with Crippen molar-refractivity contribution in [1.82, 2.24) is 0 Å². The number of hydrogen-bond donors (Lipinski definition) is 0. The van der Waals surface area contributed by atoms with Crippen LogP contribution in [0.2, 0.25) is 0 Å². The first-order valence-electron chi connectivity index (χ1n) is 10.5. The minimum atomic E-state index is -0.0756. The van der Waals surface area contributed by atoms with Crippen molar-refractivity contribution in [2.24, 2.45) is 17.8 Å². The third-order valence-electron chi connectivity index (χ3n) is 6.81. The van der Waals surface area contributed by atoms with Crippen molar-refractivity contribution in [3.05, 3.63) is 35.6 Å². The summed E-state index contributed by atoms with van der Waals surface area (Å²) in [6.07, 6.45) is 16.9. The summed E-state index contributed by atoms with van der Waals surface area (Å²) in [6, 6.07) is 7.29. The van der Waals surface area contributed by atoms with Crippen LogP contribution in [0.1, 0.15) is 95.5 Å². The zero-order valence-electron chi connectivity index (χ0n) is 15.5. The molecule has 134 valence electrons. The predicted molar refractivity (Wildman–Crippen MR) is 101 cm³/mol. The fourth-order valence-corrected chi connectivity index (χ4v) is 5.23. The molecule has 0 heterocycles. The molecule has 0 unspecified atom stereocenters. The fraction of sp³-hybridized carbons (Fsp3) is 0.739. The maximum Gasteiger partial charge on any atom is 0.123 e. The molecule has 0 spiro atoms. The summed E-state index contributed by atoms with van der Waals surface area (Å²) in [7, 11) is 0. The van der Waals surface area contributed by atoms with Crippen molar-refractivity contribution in [1.29, 1.82) is 0 Å². The third-order valence-corrected chi connectivity index (χ3v) is 6.81. The van der Waals surface area contributed by atoms with E-state index >= 15 is 0 Å². The lowest BCUT2D eigenvalue weighted by Gasteiger charge is -2.32. The Kier molecular flexibility index (Phi) is 6.75. The number of halogens is 1. The van der Waals surface area contributed by atoms with Crippen molar-refractivity contribution >= 4 is 0 Å². The fourth-order valence-electron chi connectivity index (χ4n) is 5.23. The summed E-state index contributed by atoms with van der Waals surface area (Å²) in [4.78, 5) is 0. The van der Waals surface area contributed by atoms with Gasteiger partial charge in [0.2, 0.25) is 0 Å². The Bertz CT molecular complexity index is 479. The van der Waals surface area contributed by atoms with E-state index in [1.54, 1.807) is 12.1 Å². The third kappa shape index (κ3) is 5.07. The highest BCUT2D eigenvalue weighted by Gasteiger charge is 2.25. The molecule has 1 aromatic rings. The van der Waals surface area contributed by atoms with Gasteiger partial charge in [0, 0.05) is 0 Å². The lowest BCUT2D eigenvalue weighted by atomic mass is 9.74. The van der Waals surface area contributed by atoms with E-state index in [0.29, 0.717) is 5.92 Å². The second-order valence-electron chi connectivity index (χ2n) is 8.53. The van der Waals surface area contributed by atoms with Crippen molar-refractivity contribution in [3.63, 3.8) is 0 Å². The molecule has 3 rings (SSSR count). The minimum Gasteiger partial charge on any atom is -0.207 e. The van der Waals surface area contributed by atoms with Gasteiger partial charge in [-0.2, -0.15) is 0 Å². The average molecular weight is 331 g/mol. The smallest absolute Gasteiger partial charge is 0.123 e. The molecule has 1 heteroatoms. The molecule has 2 aliphatic carbocycles. The van der Waals surface area contributed by atoms with Gasteiger partial charge >= 0.3 is 0 Å². The first-order chi connectivity index (χ1) is 11.7. The van der Waals surface area contributed by atoms with E-state index in [9.17, 15) is 4.39 Å². The summed E-state index contributed by atoms with van der Waals surface area (Å²) < 4.78 is 13.4. The van der Waals surface area contributed by atoms with Gasteiger partial charge in [0.25, 0.3) is 0 Å². The van der Waals surface area contributed by atoms with E-state index in [1.807, 2.05) is 6.07 Å². The van der Waals surface area contributed by atoms with Gasteiger partial charge in [0.15, 0.2) is 0 Å². The molecule has 0 saturated heterocycles. The second kappa shape index (κ2) is 9.02. The van der Waals surface area contributed by atoms with Crippen molar-refractivity contribution < 1.29 is 4.39 Å². The van der Waals surface area contributed by atoms with E-state index in [4.69, 9.17) is 0 Å². The molecular weight excluding hydrogens is 295 g/mol. The zero-order chi connectivity index (χ0) is 16.8. The molecule has 0 N–H and O–H groups in total. The Morgan fingerprint density at radius 2 is 1.33 bits per heavy atom. The van der Waals surface area contributed by atoms with Gasteiger partial charge in [-0.25, -0.2) is 4.39 Å². The molecule has 0 aromatic heterocycles. The second-order valence-corrected chi connectivity index (χ2v) is 8.53. The van der Waals surface area contributed by atoms with Gasteiger partial charge in [-0.05, 0) is 67.1 Å². The Hall–Kier alpha value is -0.850. The first-order valence-corrected chi connectivity index (χ1v) is 10.5. The Morgan fingerprint density at radius 3 is 1.88 bits per heavy atom. The van der Waals surface area contributed by atoms with Crippen LogP contribution in [0.4, 0.5) is 4.39 Å². The predicted octanol–water partition coefficient (Wildman–Crippen LogP) is 7.49. The SMILES string of the molecule is CCC[C@H]1CC[C@H](CCC2CCC(c3cccc(F)c3)CC2)CC1. The van der Waals surface area contributed by atoms with Crippen molar-refractivity contribution in [3.8, 4) is 0 Å². The van der Waals surface area contributed by atoms with E-state index in [-0.39, 0.29) is 5.82 Å². The van der Waals surface area contributed by atoms with E-state index < -0.39 is 0 Å². The molecule has 2 saturated carbocycles. The highest BCUT2D eigenvalue weighted by molar-refractivity contribution is 5.21. The number of benzene rings is 1. The molecule has 0 aliphatic heterocycles. The van der Waals surface area contributed by atoms with E-state index in [2.05, 4.69) is 13.0 Å². The summed E-state index contributed by atoms with van der Waals surface area (Å²) in [5.41, 5.74) is 1.22. The van der Waals surface area contributed by atoms with Crippen LogP contribution in [0.3, 0.4) is 0 Å². The normalized spacial score (nSPS) is 31.1. The molecule has 1 aromatic carbocycles. The summed E-state index contributed by atoms with van der Waals surface area (Å²) >= 11 is 0. The van der Waals surface area contributed by atoms with Gasteiger partial charge in [-0.15, -0.1) is 0 Å². The Morgan fingerprint density at radius 1 is 0.792 bits per heavy atom. The highest BCUT2D eigenvalue weighted by Crippen LogP contribution is 2.40. The molecule has 24 heavy (non-hydrogen) atoms. The van der Waals surface area contributed by atoms with Crippen LogP contribution < -0.4 is 0 Å². The largest absolute Gasteiger partial charge is 0.207 e. The lowest BCUT2D eigenvalue weighted by molar-refractivity contribution is 0.224. The standard InChI is InChI=1S/C23H35F/c1-2-4-18-7-9-19(10-8-18)11-12-20-13-15-21(16-14-20)22-5-3-6-23(24)17-22/h3,5-6,17-21H,2,4,7-16H2,1H3/t18-,19-,20?,21?. The molecule has 0 atom stereocenters. The quantitative estimate of drug-likeness (QED) is 0.507. The molecule has 2 aliphatic rings. The molecular formula is C23H35F. The van der Waals surface area contributed by atoms with Gasteiger partial charge in [0.05, 0.1) is 0 Å². The molecule has 0 radical (unpaired) electrons. The monoisotopic (exact) mass is 330 g/mol. The summed E-state index contributed by atoms with van der Waals surface area (Å²) in [5, 5.41) is 0. The summed E-state index contributed by atoms with van der Waals surface area (Å²) in [6.45, 7) is 2.33. The van der Waals surface area contributed by atoms with Gasteiger partial charge < -0.3 is 0 Å². The average Bonchev–Trinajstić information content (AvgIpc) is 2.62. The number of hydrogen-bond acceptors (Lipinski definition) is 0. The van der Waals surface area contributed by atoms with Crippen molar-refractivity contribution in [2.45, 2.75) is 89.9 Å². The lowest BCUT2D eigenvalue weighted by Crippen LogP contribution is -2.17. The van der Waals surface area contributed by atoms with Crippen LogP contribution in [-0.4, -0.2) is 0 Å². The molecule has 0 amide bonds. The molecule has 2 fully saturated rings. The highest BCUT2D eigenvalue weighted by atomic mass is 19.1. The number of rotatable bonds is 6. The first kappa shape index (κ1) is 18.0. The molecule has 0 bridgehead atoms. The van der Waals surface area contributed by atoms with Crippen LogP contribution in [0, 0.1) is 23.6 Å². The minimum absolute atomic E-state index is 0.0756. The van der Waals surface area contributed by atoms with Crippen LogP contribution in [-0.2, 0) is 0 Å². The summed E-state index contributed by atoms with van der Waals surface area (Å²) in [5.74, 6) is 3.50. The van der Waals surface area contributed by atoms with E-state index in [0.717, 1.165) is 17.8 Å². The van der Waals surface area contributed by atoms with Gasteiger partial charge in [-0.1, -0.05) is 70.4 Å². The molecule has 0 nitrogen and oxygen atoms in total. The van der Waals surface area contributed by atoms with Crippen LogP contribution in [0.15, 0.2) is 24.3 Å². The maximum atomic E-state index is 13.4.